The number of rotatable bonds is 9. The Hall–Kier alpha value is -0.710. The van der Waals surface area contributed by atoms with E-state index in [0.29, 0.717) is 17.9 Å². The standard InChI is InChI=1S/C22H36N4O2S.HI/c1-3-23-21(25-18-22(2)8-5-15-29-22)24-17-19-6-4-7-20(16-19)28-14-11-26-9-12-27-13-10-26;/h4,6-7,16H,3,5,8-15,17-18H2,1-2H3,(H2,23,24,25);1H. The van der Waals surface area contributed by atoms with Gasteiger partial charge in [0, 0.05) is 37.5 Å². The summed E-state index contributed by atoms with van der Waals surface area (Å²) in [6, 6.07) is 8.27. The zero-order valence-corrected chi connectivity index (χ0v) is 21.5. The van der Waals surface area contributed by atoms with Gasteiger partial charge in [-0.25, -0.2) is 4.99 Å². The Labute approximate surface area is 203 Å². The minimum atomic E-state index is 0. The van der Waals surface area contributed by atoms with Crippen molar-refractivity contribution in [2.75, 3.05) is 58.3 Å². The number of ether oxygens (including phenoxy) is 2. The lowest BCUT2D eigenvalue weighted by molar-refractivity contribution is 0.0322. The predicted molar refractivity (Wildman–Crippen MR) is 138 cm³/mol. The van der Waals surface area contributed by atoms with E-state index in [9.17, 15) is 0 Å². The van der Waals surface area contributed by atoms with Gasteiger partial charge in [0.15, 0.2) is 5.96 Å². The molecule has 2 N–H and O–H groups in total. The first kappa shape index (κ1) is 25.5. The Balaban J connectivity index is 0.00000320. The fourth-order valence-electron chi connectivity index (χ4n) is 3.61. The Morgan fingerprint density at radius 1 is 1.30 bits per heavy atom. The molecule has 1 unspecified atom stereocenters. The highest BCUT2D eigenvalue weighted by Gasteiger charge is 2.29. The topological polar surface area (TPSA) is 58.1 Å². The fraction of sp³-hybridized carbons (Fsp3) is 0.682. The van der Waals surface area contributed by atoms with Gasteiger partial charge in [0.25, 0.3) is 0 Å². The first-order valence-corrected chi connectivity index (χ1v) is 11.8. The van der Waals surface area contributed by atoms with E-state index in [1.165, 1.54) is 18.6 Å². The minimum Gasteiger partial charge on any atom is -0.492 e. The third-order valence-electron chi connectivity index (χ3n) is 5.37. The number of halogens is 1. The van der Waals surface area contributed by atoms with E-state index >= 15 is 0 Å². The van der Waals surface area contributed by atoms with Crippen molar-refractivity contribution in [3.05, 3.63) is 29.8 Å². The first-order chi connectivity index (χ1) is 14.2. The number of hydrogen-bond donors (Lipinski definition) is 2. The largest absolute Gasteiger partial charge is 0.492 e. The molecule has 8 heteroatoms. The van der Waals surface area contributed by atoms with Crippen molar-refractivity contribution in [3.63, 3.8) is 0 Å². The second-order valence-corrected chi connectivity index (χ2v) is 9.58. The van der Waals surface area contributed by atoms with Crippen molar-refractivity contribution in [1.82, 2.24) is 15.5 Å². The van der Waals surface area contributed by atoms with E-state index < -0.39 is 0 Å². The third-order valence-corrected chi connectivity index (χ3v) is 6.91. The molecule has 2 fully saturated rings. The van der Waals surface area contributed by atoms with Crippen molar-refractivity contribution < 1.29 is 9.47 Å². The van der Waals surface area contributed by atoms with E-state index in [4.69, 9.17) is 14.5 Å². The van der Waals surface area contributed by atoms with Crippen LogP contribution in [-0.4, -0.2) is 73.9 Å². The number of morpholine rings is 1. The zero-order valence-electron chi connectivity index (χ0n) is 18.3. The molecule has 0 aliphatic carbocycles. The molecule has 1 aromatic carbocycles. The van der Waals surface area contributed by atoms with Gasteiger partial charge in [0.05, 0.1) is 19.8 Å². The molecule has 0 spiro atoms. The van der Waals surface area contributed by atoms with E-state index in [1.807, 2.05) is 12.1 Å². The molecule has 3 rings (SSSR count). The number of hydrogen-bond acceptors (Lipinski definition) is 5. The van der Waals surface area contributed by atoms with Crippen molar-refractivity contribution in [2.45, 2.75) is 38.0 Å². The molecule has 30 heavy (non-hydrogen) atoms. The van der Waals surface area contributed by atoms with Gasteiger partial charge in [0.1, 0.15) is 12.4 Å². The van der Waals surface area contributed by atoms with E-state index in [0.717, 1.165) is 63.2 Å². The summed E-state index contributed by atoms with van der Waals surface area (Å²) in [6.07, 6.45) is 2.59. The van der Waals surface area contributed by atoms with Gasteiger partial charge in [0.2, 0.25) is 0 Å². The third kappa shape index (κ3) is 8.80. The van der Waals surface area contributed by atoms with Crippen LogP contribution in [0.3, 0.4) is 0 Å². The number of thioether (sulfide) groups is 1. The Morgan fingerprint density at radius 2 is 2.13 bits per heavy atom. The molecule has 1 atom stereocenters. The van der Waals surface area contributed by atoms with Gasteiger partial charge in [-0.3, -0.25) is 4.90 Å². The Bertz CT molecular complexity index is 650. The van der Waals surface area contributed by atoms with Gasteiger partial charge in [-0.15, -0.1) is 24.0 Å². The lowest BCUT2D eigenvalue weighted by Crippen LogP contribution is -2.43. The molecular formula is C22H37IN4O2S. The quantitative estimate of drug-likeness (QED) is 0.281. The fourth-order valence-corrected chi connectivity index (χ4v) is 4.85. The van der Waals surface area contributed by atoms with E-state index in [-0.39, 0.29) is 24.0 Å². The van der Waals surface area contributed by atoms with Gasteiger partial charge < -0.3 is 20.1 Å². The summed E-state index contributed by atoms with van der Waals surface area (Å²) in [5.74, 6) is 3.07. The summed E-state index contributed by atoms with van der Waals surface area (Å²) in [6.45, 7) is 12.2. The second-order valence-electron chi connectivity index (χ2n) is 7.90. The van der Waals surface area contributed by atoms with Crippen LogP contribution in [0.2, 0.25) is 0 Å². The van der Waals surface area contributed by atoms with Crippen LogP contribution < -0.4 is 15.4 Å². The van der Waals surface area contributed by atoms with Crippen molar-refractivity contribution in [3.8, 4) is 5.75 Å². The van der Waals surface area contributed by atoms with Crippen LogP contribution in [-0.2, 0) is 11.3 Å². The maximum absolute atomic E-state index is 5.97. The average molecular weight is 549 g/mol. The molecule has 0 aromatic heterocycles. The molecular weight excluding hydrogens is 511 g/mol. The van der Waals surface area contributed by atoms with Crippen LogP contribution in [0.5, 0.6) is 5.75 Å². The van der Waals surface area contributed by atoms with E-state index in [2.05, 4.69) is 53.3 Å². The minimum absolute atomic E-state index is 0. The van der Waals surface area contributed by atoms with E-state index in [1.54, 1.807) is 0 Å². The van der Waals surface area contributed by atoms with Crippen LogP contribution in [0.15, 0.2) is 29.3 Å². The summed E-state index contributed by atoms with van der Waals surface area (Å²) >= 11 is 2.07. The highest BCUT2D eigenvalue weighted by Crippen LogP contribution is 2.36. The number of nitrogens with one attached hydrogen (secondary N) is 2. The van der Waals surface area contributed by atoms with Crippen LogP contribution in [0.1, 0.15) is 32.3 Å². The molecule has 2 heterocycles. The molecule has 0 radical (unpaired) electrons. The summed E-state index contributed by atoms with van der Waals surface area (Å²) in [5.41, 5.74) is 1.16. The molecule has 0 bridgehead atoms. The number of nitrogens with zero attached hydrogens (tertiary/aromatic N) is 2. The smallest absolute Gasteiger partial charge is 0.191 e. The molecule has 170 valence electrons. The second kappa shape index (κ2) is 13.6. The molecule has 0 amide bonds. The molecule has 6 nitrogen and oxygen atoms in total. The van der Waals surface area contributed by atoms with Crippen LogP contribution in [0.25, 0.3) is 0 Å². The maximum atomic E-state index is 5.97. The highest BCUT2D eigenvalue weighted by atomic mass is 127. The number of aliphatic imine (C=N–C) groups is 1. The number of benzene rings is 1. The van der Waals surface area contributed by atoms with Gasteiger partial charge in [-0.2, -0.15) is 11.8 Å². The van der Waals surface area contributed by atoms with Crippen LogP contribution in [0.4, 0.5) is 0 Å². The summed E-state index contributed by atoms with van der Waals surface area (Å²) in [7, 11) is 0. The average Bonchev–Trinajstić information content (AvgIpc) is 3.18. The lowest BCUT2D eigenvalue weighted by atomic mass is 10.1. The first-order valence-electron chi connectivity index (χ1n) is 10.8. The SMILES string of the molecule is CCNC(=NCc1cccc(OCCN2CCOCC2)c1)NCC1(C)CCCS1.I. The molecule has 2 aliphatic rings. The Kier molecular flexibility index (Phi) is 11.6. The Morgan fingerprint density at radius 3 is 2.87 bits per heavy atom. The highest BCUT2D eigenvalue weighted by molar-refractivity contribution is 14.0. The monoisotopic (exact) mass is 548 g/mol. The van der Waals surface area contributed by atoms with Gasteiger partial charge in [-0.1, -0.05) is 12.1 Å². The summed E-state index contributed by atoms with van der Waals surface area (Å²) < 4.78 is 11.7. The van der Waals surface area contributed by atoms with Gasteiger partial charge in [-0.05, 0) is 50.1 Å². The molecule has 1 aromatic rings. The van der Waals surface area contributed by atoms with Crippen molar-refractivity contribution in [2.24, 2.45) is 4.99 Å². The van der Waals surface area contributed by atoms with Crippen LogP contribution in [0, 0.1) is 0 Å². The maximum Gasteiger partial charge on any atom is 0.191 e. The zero-order chi connectivity index (χ0) is 20.4. The molecule has 0 saturated carbocycles. The van der Waals surface area contributed by atoms with Crippen molar-refractivity contribution >= 4 is 41.7 Å². The van der Waals surface area contributed by atoms with Crippen molar-refractivity contribution in [1.29, 1.82) is 0 Å². The predicted octanol–water partition coefficient (Wildman–Crippen LogP) is 3.36. The normalized spacial score (nSPS) is 22.4. The number of guanidine groups is 1. The molecule has 2 saturated heterocycles. The molecule has 2 aliphatic heterocycles. The summed E-state index contributed by atoms with van der Waals surface area (Å²) in [4.78, 5) is 7.16. The lowest BCUT2D eigenvalue weighted by Gasteiger charge is -2.26. The van der Waals surface area contributed by atoms with Crippen LogP contribution >= 0.6 is 35.7 Å². The summed E-state index contributed by atoms with van der Waals surface area (Å²) in [5, 5.41) is 6.89. The van der Waals surface area contributed by atoms with Gasteiger partial charge >= 0.3 is 0 Å².